The number of hydrogen-bond donors (Lipinski definition) is 2. The third-order valence-corrected chi connectivity index (χ3v) is 3.16. The molecule has 1 aromatic carbocycles. The van der Waals surface area contributed by atoms with Crippen LogP contribution in [0.4, 0.5) is 0 Å². The van der Waals surface area contributed by atoms with E-state index in [0.29, 0.717) is 0 Å². The summed E-state index contributed by atoms with van der Waals surface area (Å²) in [6.07, 6.45) is 0. The Morgan fingerprint density at radius 2 is 1.47 bits per heavy atom. The first-order valence-corrected chi connectivity index (χ1v) is 6.49. The normalized spacial score (nSPS) is 12.5. The monoisotopic (exact) mass is 255 g/mol. The van der Waals surface area contributed by atoms with Gasteiger partial charge in [0.15, 0.2) is 0 Å². The third-order valence-electron chi connectivity index (χ3n) is 3.16. The fourth-order valence-corrected chi connectivity index (χ4v) is 2.55. The van der Waals surface area contributed by atoms with Crippen molar-refractivity contribution in [3.63, 3.8) is 0 Å². The average molecular weight is 255 g/mol. The smallest absolute Gasteiger partial charge is 0.0881 e. The highest BCUT2D eigenvalue weighted by molar-refractivity contribution is 5.36. The molecule has 1 unspecified atom stereocenters. The molecule has 1 atom stereocenters. The molecule has 100 valence electrons. The minimum absolute atomic E-state index is 0.0720. The molecule has 0 aliphatic heterocycles. The van der Waals surface area contributed by atoms with Gasteiger partial charge in [-0.25, -0.2) is 5.43 Å². The molecule has 0 spiro atoms. The lowest BCUT2D eigenvalue weighted by atomic mass is 9.98. The van der Waals surface area contributed by atoms with Crippen LogP contribution in [0, 0.1) is 27.7 Å². The number of pyridine rings is 1. The molecule has 1 heterocycles. The molecule has 3 nitrogen and oxygen atoms in total. The van der Waals surface area contributed by atoms with Gasteiger partial charge in [-0.3, -0.25) is 10.8 Å². The second kappa shape index (κ2) is 5.51. The summed E-state index contributed by atoms with van der Waals surface area (Å²) in [6.45, 7) is 8.27. The second-order valence-corrected chi connectivity index (χ2v) is 5.23. The highest BCUT2D eigenvalue weighted by Crippen LogP contribution is 2.23. The van der Waals surface area contributed by atoms with E-state index in [1.807, 2.05) is 6.92 Å². The van der Waals surface area contributed by atoms with E-state index >= 15 is 0 Å². The average Bonchev–Trinajstić information content (AvgIpc) is 2.27. The minimum Gasteiger partial charge on any atom is -0.271 e. The zero-order valence-electron chi connectivity index (χ0n) is 12.0. The number of rotatable bonds is 3. The van der Waals surface area contributed by atoms with Crippen LogP contribution in [0.3, 0.4) is 0 Å². The standard InChI is InChI=1S/C16H21N3/c1-10-5-11(2)8-14(7-10)16(19-17)15-9-12(3)6-13(4)18-15/h5-9,16,19H,17H2,1-4H3. The summed E-state index contributed by atoms with van der Waals surface area (Å²) in [5, 5.41) is 0. The molecule has 0 aliphatic carbocycles. The Morgan fingerprint density at radius 3 is 2.00 bits per heavy atom. The van der Waals surface area contributed by atoms with Gasteiger partial charge >= 0.3 is 0 Å². The predicted octanol–water partition coefficient (Wildman–Crippen LogP) is 2.87. The van der Waals surface area contributed by atoms with E-state index in [0.717, 1.165) is 17.0 Å². The van der Waals surface area contributed by atoms with Gasteiger partial charge in [0, 0.05) is 5.69 Å². The highest BCUT2D eigenvalue weighted by Gasteiger charge is 2.15. The summed E-state index contributed by atoms with van der Waals surface area (Å²) in [6, 6.07) is 10.5. The molecule has 3 heteroatoms. The Labute approximate surface area is 114 Å². The van der Waals surface area contributed by atoms with Gasteiger partial charge in [0.1, 0.15) is 0 Å². The molecule has 2 aromatic rings. The summed E-state index contributed by atoms with van der Waals surface area (Å²) >= 11 is 0. The largest absolute Gasteiger partial charge is 0.271 e. The molecule has 0 saturated carbocycles. The van der Waals surface area contributed by atoms with Crippen molar-refractivity contribution in [1.29, 1.82) is 0 Å². The van der Waals surface area contributed by atoms with E-state index in [9.17, 15) is 0 Å². The molecular formula is C16H21N3. The van der Waals surface area contributed by atoms with E-state index in [2.05, 4.69) is 61.5 Å². The third kappa shape index (κ3) is 3.19. The Kier molecular flexibility index (Phi) is 3.98. The van der Waals surface area contributed by atoms with Crippen LogP contribution in [-0.2, 0) is 0 Å². The molecule has 0 bridgehead atoms. The summed E-state index contributed by atoms with van der Waals surface area (Å²) in [4.78, 5) is 4.60. The van der Waals surface area contributed by atoms with Crippen LogP contribution in [-0.4, -0.2) is 4.98 Å². The molecule has 2 rings (SSSR count). The second-order valence-electron chi connectivity index (χ2n) is 5.23. The molecular weight excluding hydrogens is 234 g/mol. The minimum atomic E-state index is -0.0720. The molecule has 19 heavy (non-hydrogen) atoms. The van der Waals surface area contributed by atoms with Crippen LogP contribution < -0.4 is 11.3 Å². The van der Waals surface area contributed by atoms with Crippen molar-refractivity contribution in [2.75, 3.05) is 0 Å². The Morgan fingerprint density at radius 1 is 0.895 bits per heavy atom. The molecule has 0 aliphatic rings. The quantitative estimate of drug-likeness (QED) is 0.655. The number of aromatic nitrogens is 1. The molecule has 0 radical (unpaired) electrons. The van der Waals surface area contributed by atoms with Crippen molar-refractivity contribution in [3.05, 3.63) is 64.0 Å². The highest BCUT2D eigenvalue weighted by atomic mass is 15.2. The van der Waals surface area contributed by atoms with Crippen LogP contribution in [0.1, 0.15) is 39.7 Å². The number of aryl methyl sites for hydroxylation is 4. The van der Waals surface area contributed by atoms with Crippen LogP contribution >= 0.6 is 0 Å². The fraction of sp³-hybridized carbons (Fsp3) is 0.312. The van der Waals surface area contributed by atoms with Crippen molar-refractivity contribution in [1.82, 2.24) is 10.4 Å². The first kappa shape index (κ1) is 13.7. The number of nitrogens with two attached hydrogens (primary N) is 1. The summed E-state index contributed by atoms with van der Waals surface area (Å²) < 4.78 is 0. The fourth-order valence-electron chi connectivity index (χ4n) is 2.55. The van der Waals surface area contributed by atoms with Gasteiger partial charge in [-0.15, -0.1) is 0 Å². The van der Waals surface area contributed by atoms with Gasteiger partial charge in [-0.1, -0.05) is 29.3 Å². The van der Waals surface area contributed by atoms with Crippen molar-refractivity contribution >= 4 is 0 Å². The first-order valence-electron chi connectivity index (χ1n) is 6.49. The van der Waals surface area contributed by atoms with Crippen LogP contribution in [0.15, 0.2) is 30.3 Å². The maximum Gasteiger partial charge on any atom is 0.0881 e. The lowest BCUT2D eigenvalue weighted by Gasteiger charge is -2.18. The number of nitrogens with one attached hydrogen (secondary N) is 1. The molecule has 0 fully saturated rings. The van der Waals surface area contributed by atoms with Gasteiger partial charge in [0.05, 0.1) is 11.7 Å². The predicted molar refractivity (Wildman–Crippen MR) is 78.8 cm³/mol. The number of benzene rings is 1. The van der Waals surface area contributed by atoms with Gasteiger partial charge in [0.2, 0.25) is 0 Å². The van der Waals surface area contributed by atoms with Crippen molar-refractivity contribution < 1.29 is 0 Å². The van der Waals surface area contributed by atoms with Gasteiger partial charge in [-0.2, -0.15) is 0 Å². The molecule has 1 aromatic heterocycles. The number of nitrogens with zero attached hydrogens (tertiary/aromatic N) is 1. The maximum absolute atomic E-state index is 5.75. The number of hydrazine groups is 1. The van der Waals surface area contributed by atoms with E-state index in [-0.39, 0.29) is 6.04 Å². The van der Waals surface area contributed by atoms with Gasteiger partial charge in [-0.05, 0) is 51.0 Å². The maximum atomic E-state index is 5.75. The molecule has 0 amide bonds. The molecule has 0 saturated heterocycles. The Hall–Kier alpha value is -1.71. The van der Waals surface area contributed by atoms with E-state index in [1.54, 1.807) is 0 Å². The summed E-state index contributed by atoms with van der Waals surface area (Å²) in [5.41, 5.74) is 9.68. The van der Waals surface area contributed by atoms with E-state index in [1.165, 1.54) is 16.7 Å². The SMILES string of the molecule is Cc1cc(C)cc(C(NN)c2cc(C)cc(C)n2)c1. The zero-order chi connectivity index (χ0) is 14.0. The Bertz CT molecular complexity index is 499. The number of hydrogen-bond acceptors (Lipinski definition) is 3. The van der Waals surface area contributed by atoms with Crippen molar-refractivity contribution in [2.24, 2.45) is 5.84 Å². The summed E-state index contributed by atoms with van der Waals surface area (Å²) in [5.74, 6) is 5.75. The zero-order valence-corrected chi connectivity index (χ0v) is 12.0. The van der Waals surface area contributed by atoms with Crippen LogP contribution in [0.5, 0.6) is 0 Å². The summed E-state index contributed by atoms with van der Waals surface area (Å²) in [7, 11) is 0. The van der Waals surface area contributed by atoms with Crippen molar-refractivity contribution in [3.8, 4) is 0 Å². The lowest BCUT2D eigenvalue weighted by molar-refractivity contribution is 0.618. The van der Waals surface area contributed by atoms with E-state index in [4.69, 9.17) is 5.84 Å². The lowest BCUT2D eigenvalue weighted by Crippen LogP contribution is -2.29. The first-order chi connectivity index (χ1) is 8.99. The van der Waals surface area contributed by atoms with Gasteiger partial charge in [0.25, 0.3) is 0 Å². The van der Waals surface area contributed by atoms with Crippen molar-refractivity contribution in [2.45, 2.75) is 33.7 Å². The van der Waals surface area contributed by atoms with Crippen LogP contribution in [0.2, 0.25) is 0 Å². The molecule has 3 N–H and O–H groups in total. The van der Waals surface area contributed by atoms with Gasteiger partial charge < -0.3 is 0 Å². The van der Waals surface area contributed by atoms with E-state index < -0.39 is 0 Å². The Balaban J connectivity index is 2.49. The van der Waals surface area contributed by atoms with Crippen LogP contribution in [0.25, 0.3) is 0 Å². The topological polar surface area (TPSA) is 50.9 Å².